The molecule has 2 amide bonds. The van der Waals surface area contributed by atoms with Crippen LogP contribution in [-0.2, 0) is 4.74 Å². The molecule has 2 atom stereocenters. The van der Waals surface area contributed by atoms with E-state index in [4.69, 9.17) is 9.84 Å². The van der Waals surface area contributed by atoms with Crippen molar-refractivity contribution in [1.29, 1.82) is 0 Å². The summed E-state index contributed by atoms with van der Waals surface area (Å²) in [6.45, 7) is 0. The molecule has 0 spiro atoms. The van der Waals surface area contributed by atoms with Crippen LogP contribution >= 0.6 is 0 Å². The van der Waals surface area contributed by atoms with Gasteiger partial charge in [-0.25, -0.2) is 14.0 Å². The summed E-state index contributed by atoms with van der Waals surface area (Å²) < 4.78 is 18.9. The number of carbonyl (C=O) groups is 2. The van der Waals surface area contributed by atoms with Crippen LogP contribution in [0.15, 0.2) is 18.2 Å². The maximum atomic E-state index is 13.7. The van der Waals surface area contributed by atoms with Gasteiger partial charge in [-0.1, -0.05) is 6.07 Å². The predicted octanol–water partition coefficient (Wildman–Crippen LogP) is 2.21. The summed E-state index contributed by atoms with van der Waals surface area (Å²) in [7, 11) is 1.57. The number of methoxy groups -OCH3 is 1. The van der Waals surface area contributed by atoms with E-state index in [-0.39, 0.29) is 23.4 Å². The van der Waals surface area contributed by atoms with Crippen LogP contribution in [0.25, 0.3) is 0 Å². The maximum absolute atomic E-state index is 13.7. The molecular formula is C14H17FN2O4. The average Bonchev–Trinajstić information content (AvgIpc) is 2.87. The number of benzene rings is 1. The third-order valence-electron chi connectivity index (χ3n) is 3.55. The number of anilines is 1. The number of para-hydroxylation sites is 1. The summed E-state index contributed by atoms with van der Waals surface area (Å²) in [5.41, 5.74) is -0.630. The average molecular weight is 296 g/mol. The smallest absolute Gasteiger partial charge is 0.337 e. The van der Waals surface area contributed by atoms with Crippen LogP contribution in [0.2, 0.25) is 0 Å². The molecule has 1 aliphatic carbocycles. The molecule has 114 valence electrons. The molecule has 1 fully saturated rings. The summed E-state index contributed by atoms with van der Waals surface area (Å²) >= 11 is 0. The van der Waals surface area contributed by atoms with Crippen molar-refractivity contribution in [2.24, 2.45) is 0 Å². The number of rotatable bonds is 4. The van der Waals surface area contributed by atoms with E-state index in [9.17, 15) is 14.0 Å². The van der Waals surface area contributed by atoms with Gasteiger partial charge < -0.3 is 20.5 Å². The minimum Gasteiger partial charge on any atom is -0.478 e. The van der Waals surface area contributed by atoms with Crippen molar-refractivity contribution in [2.75, 3.05) is 12.4 Å². The van der Waals surface area contributed by atoms with Crippen LogP contribution in [0.1, 0.15) is 29.6 Å². The number of aromatic carboxylic acids is 1. The zero-order valence-electron chi connectivity index (χ0n) is 11.6. The third kappa shape index (κ3) is 3.49. The van der Waals surface area contributed by atoms with E-state index in [0.717, 1.165) is 25.3 Å². The lowest BCUT2D eigenvalue weighted by molar-refractivity contribution is 0.0697. The Morgan fingerprint density at radius 2 is 2.14 bits per heavy atom. The molecule has 2 rings (SSSR count). The Morgan fingerprint density at radius 3 is 2.81 bits per heavy atom. The standard InChI is InChI=1S/C14H17FN2O4/c1-21-11-7-3-6-10(11)16-14(20)17-12-8(13(18)19)4-2-5-9(12)15/h2,4-5,10-11H,3,6-7H2,1H3,(H,18,19)(H2,16,17,20). The Balaban J connectivity index is 2.08. The fourth-order valence-corrected chi connectivity index (χ4v) is 2.52. The number of hydrogen-bond donors (Lipinski definition) is 3. The summed E-state index contributed by atoms with van der Waals surface area (Å²) in [5.74, 6) is -2.10. The molecule has 0 aromatic heterocycles. The van der Waals surface area contributed by atoms with Crippen molar-refractivity contribution in [2.45, 2.75) is 31.4 Å². The maximum Gasteiger partial charge on any atom is 0.337 e. The van der Waals surface area contributed by atoms with Crippen LogP contribution < -0.4 is 10.6 Å². The van der Waals surface area contributed by atoms with Gasteiger partial charge in [-0.2, -0.15) is 0 Å². The fraction of sp³-hybridized carbons (Fsp3) is 0.429. The van der Waals surface area contributed by atoms with E-state index in [1.54, 1.807) is 7.11 Å². The number of urea groups is 1. The van der Waals surface area contributed by atoms with Crippen molar-refractivity contribution < 1.29 is 23.8 Å². The molecule has 7 heteroatoms. The molecular weight excluding hydrogens is 279 g/mol. The molecule has 1 saturated carbocycles. The highest BCUT2D eigenvalue weighted by Gasteiger charge is 2.28. The minimum atomic E-state index is -1.31. The first-order valence-electron chi connectivity index (χ1n) is 6.65. The first-order chi connectivity index (χ1) is 10.0. The van der Waals surface area contributed by atoms with E-state index in [1.807, 2.05) is 0 Å². The Labute approximate surface area is 121 Å². The lowest BCUT2D eigenvalue weighted by atomic mass is 10.1. The van der Waals surface area contributed by atoms with Crippen LogP contribution in [-0.4, -0.2) is 36.4 Å². The van der Waals surface area contributed by atoms with E-state index >= 15 is 0 Å². The van der Waals surface area contributed by atoms with Gasteiger partial charge in [0, 0.05) is 7.11 Å². The monoisotopic (exact) mass is 296 g/mol. The van der Waals surface area contributed by atoms with Gasteiger partial charge in [-0.3, -0.25) is 0 Å². The first kappa shape index (κ1) is 15.2. The van der Waals surface area contributed by atoms with Gasteiger partial charge in [-0.15, -0.1) is 0 Å². The van der Waals surface area contributed by atoms with Crippen molar-refractivity contribution in [1.82, 2.24) is 5.32 Å². The minimum absolute atomic E-state index is 0.0738. The topological polar surface area (TPSA) is 87.7 Å². The number of carbonyl (C=O) groups excluding carboxylic acids is 1. The largest absolute Gasteiger partial charge is 0.478 e. The molecule has 0 saturated heterocycles. The molecule has 1 aromatic carbocycles. The van der Waals surface area contributed by atoms with Crippen molar-refractivity contribution >= 4 is 17.7 Å². The van der Waals surface area contributed by atoms with Crippen LogP contribution in [0.5, 0.6) is 0 Å². The number of hydrogen-bond acceptors (Lipinski definition) is 3. The second kappa shape index (κ2) is 6.53. The number of carboxylic acids is 1. The molecule has 1 aromatic rings. The molecule has 0 bridgehead atoms. The van der Waals surface area contributed by atoms with Gasteiger partial charge in [0.15, 0.2) is 0 Å². The zero-order valence-corrected chi connectivity index (χ0v) is 11.6. The van der Waals surface area contributed by atoms with Gasteiger partial charge in [-0.05, 0) is 31.4 Å². The van der Waals surface area contributed by atoms with Gasteiger partial charge in [0.1, 0.15) is 5.82 Å². The molecule has 0 heterocycles. The highest BCUT2D eigenvalue weighted by atomic mass is 19.1. The highest BCUT2D eigenvalue weighted by molar-refractivity contribution is 6.00. The molecule has 1 aliphatic rings. The molecule has 0 radical (unpaired) electrons. The summed E-state index contributed by atoms with van der Waals surface area (Å²) in [5, 5.41) is 14.0. The SMILES string of the molecule is COC1CCCC1NC(=O)Nc1c(F)cccc1C(=O)O. The van der Waals surface area contributed by atoms with Crippen molar-refractivity contribution in [3.63, 3.8) is 0 Å². The number of amides is 2. The molecule has 3 N–H and O–H groups in total. The molecule has 6 nitrogen and oxygen atoms in total. The van der Waals surface area contributed by atoms with Gasteiger partial charge in [0.05, 0.1) is 23.4 Å². The zero-order chi connectivity index (χ0) is 15.4. The number of ether oxygens (including phenoxy) is 1. The lowest BCUT2D eigenvalue weighted by Gasteiger charge is -2.20. The first-order valence-corrected chi connectivity index (χ1v) is 6.65. The fourth-order valence-electron chi connectivity index (χ4n) is 2.52. The van der Waals surface area contributed by atoms with E-state index < -0.39 is 17.8 Å². The third-order valence-corrected chi connectivity index (χ3v) is 3.55. The van der Waals surface area contributed by atoms with Crippen molar-refractivity contribution in [3.05, 3.63) is 29.6 Å². The molecule has 2 unspecified atom stereocenters. The van der Waals surface area contributed by atoms with Crippen LogP contribution in [0, 0.1) is 5.82 Å². The van der Waals surface area contributed by atoms with Crippen molar-refractivity contribution in [3.8, 4) is 0 Å². The van der Waals surface area contributed by atoms with E-state index in [2.05, 4.69) is 10.6 Å². The second-order valence-corrected chi connectivity index (χ2v) is 4.88. The number of carboxylic acid groups (broad SMARTS) is 1. The Bertz CT molecular complexity index is 550. The van der Waals surface area contributed by atoms with Crippen LogP contribution in [0.4, 0.5) is 14.9 Å². The normalized spacial score (nSPS) is 21.0. The van der Waals surface area contributed by atoms with Gasteiger partial charge in [0.25, 0.3) is 0 Å². The predicted molar refractivity (Wildman–Crippen MR) is 73.9 cm³/mol. The molecule has 0 aliphatic heterocycles. The van der Waals surface area contributed by atoms with Crippen LogP contribution in [0.3, 0.4) is 0 Å². The second-order valence-electron chi connectivity index (χ2n) is 4.88. The Morgan fingerprint density at radius 1 is 1.38 bits per heavy atom. The quantitative estimate of drug-likeness (QED) is 0.795. The highest BCUT2D eigenvalue weighted by Crippen LogP contribution is 2.23. The molecule has 21 heavy (non-hydrogen) atoms. The summed E-state index contributed by atoms with van der Waals surface area (Å²) in [6.07, 6.45) is 2.48. The van der Waals surface area contributed by atoms with Gasteiger partial charge in [0.2, 0.25) is 0 Å². The summed E-state index contributed by atoms with van der Waals surface area (Å²) in [6, 6.07) is 2.80. The van der Waals surface area contributed by atoms with E-state index in [0.29, 0.717) is 0 Å². The summed E-state index contributed by atoms with van der Waals surface area (Å²) in [4.78, 5) is 23.0. The Kier molecular flexibility index (Phi) is 4.74. The lowest BCUT2D eigenvalue weighted by Crippen LogP contribution is -2.43. The number of halogens is 1. The Hall–Kier alpha value is -2.15. The van der Waals surface area contributed by atoms with Gasteiger partial charge >= 0.3 is 12.0 Å². The van der Waals surface area contributed by atoms with E-state index in [1.165, 1.54) is 12.1 Å². The number of nitrogens with one attached hydrogen (secondary N) is 2.